The van der Waals surface area contributed by atoms with Crippen LogP contribution in [0.25, 0.3) is 0 Å². The van der Waals surface area contributed by atoms with Crippen molar-refractivity contribution in [2.24, 2.45) is 0 Å². The van der Waals surface area contributed by atoms with Crippen molar-refractivity contribution in [3.63, 3.8) is 0 Å². The van der Waals surface area contributed by atoms with Gasteiger partial charge in [-0.15, -0.1) is 11.3 Å². The number of anilines is 1. The third-order valence-corrected chi connectivity index (χ3v) is 3.63. The summed E-state index contributed by atoms with van der Waals surface area (Å²) in [5, 5.41) is 2.63. The largest absolute Gasteiger partial charge is 0.311 e. The van der Waals surface area contributed by atoms with Gasteiger partial charge in [-0.25, -0.2) is 4.98 Å². The lowest BCUT2D eigenvalue weighted by Crippen LogP contribution is -2.13. The van der Waals surface area contributed by atoms with E-state index in [0.29, 0.717) is 15.0 Å². The van der Waals surface area contributed by atoms with Crippen LogP contribution in [0.15, 0.2) is 36.5 Å². The molecule has 0 saturated heterocycles. The van der Waals surface area contributed by atoms with Crippen molar-refractivity contribution in [1.29, 1.82) is 0 Å². The Morgan fingerprint density at radius 1 is 1.21 bits per heavy atom. The summed E-state index contributed by atoms with van der Waals surface area (Å²) in [4.78, 5) is 28.0. The third-order valence-electron chi connectivity index (χ3n) is 2.36. The number of hydrogen-bond acceptors (Lipinski definition) is 4. The number of rotatable bonds is 5. The number of pyridine rings is 1. The number of hydrogen-bond donors (Lipinski definition) is 1. The molecule has 0 atom stereocenters. The molecule has 6 heteroatoms. The van der Waals surface area contributed by atoms with Crippen LogP contribution in [0.4, 0.5) is 5.82 Å². The molecule has 0 aliphatic rings. The fourth-order valence-corrected chi connectivity index (χ4v) is 2.47. The quantitative estimate of drug-likeness (QED) is 0.860. The van der Waals surface area contributed by atoms with Crippen molar-refractivity contribution < 1.29 is 9.59 Å². The number of carbonyl (C=O) groups excluding carboxylic acids is 2. The van der Waals surface area contributed by atoms with Crippen LogP contribution >= 0.6 is 22.9 Å². The van der Waals surface area contributed by atoms with E-state index in [1.54, 1.807) is 36.5 Å². The van der Waals surface area contributed by atoms with Gasteiger partial charge in [0.25, 0.3) is 0 Å². The Hall–Kier alpha value is -1.72. The summed E-state index contributed by atoms with van der Waals surface area (Å²) in [6, 6.07) is 8.58. The number of halogens is 1. The van der Waals surface area contributed by atoms with E-state index < -0.39 is 0 Å². The van der Waals surface area contributed by atoms with E-state index in [9.17, 15) is 9.59 Å². The zero-order chi connectivity index (χ0) is 13.7. The van der Waals surface area contributed by atoms with Gasteiger partial charge in [0.15, 0.2) is 5.78 Å². The summed E-state index contributed by atoms with van der Waals surface area (Å²) >= 11 is 6.98. The van der Waals surface area contributed by atoms with E-state index in [0.717, 1.165) is 0 Å². The Bertz CT molecular complexity index is 583. The van der Waals surface area contributed by atoms with E-state index in [1.165, 1.54) is 11.3 Å². The Kier molecular flexibility index (Phi) is 4.65. The van der Waals surface area contributed by atoms with Crippen molar-refractivity contribution in [3.05, 3.63) is 45.7 Å². The van der Waals surface area contributed by atoms with Gasteiger partial charge in [0.1, 0.15) is 5.82 Å². The molecule has 0 aromatic carbocycles. The van der Waals surface area contributed by atoms with Gasteiger partial charge in [0, 0.05) is 19.0 Å². The van der Waals surface area contributed by atoms with Crippen LogP contribution < -0.4 is 5.32 Å². The predicted molar refractivity (Wildman–Crippen MR) is 75.8 cm³/mol. The van der Waals surface area contributed by atoms with Gasteiger partial charge in [-0.2, -0.15) is 0 Å². The highest BCUT2D eigenvalue weighted by Crippen LogP contribution is 2.22. The molecular formula is C13H11ClN2O2S. The van der Waals surface area contributed by atoms with Gasteiger partial charge < -0.3 is 5.32 Å². The molecule has 0 spiro atoms. The van der Waals surface area contributed by atoms with Crippen LogP contribution in [-0.2, 0) is 4.79 Å². The normalized spacial score (nSPS) is 10.2. The van der Waals surface area contributed by atoms with Crippen LogP contribution in [-0.4, -0.2) is 16.7 Å². The number of thiophene rings is 1. The van der Waals surface area contributed by atoms with Gasteiger partial charge >= 0.3 is 0 Å². The molecule has 4 nitrogen and oxygen atoms in total. The number of nitrogens with one attached hydrogen (secondary N) is 1. The molecule has 0 radical (unpaired) electrons. The van der Waals surface area contributed by atoms with Crippen molar-refractivity contribution in [3.8, 4) is 0 Å². The summed E-state index contributed by atoms with van der Waals surface area (Å²) in [5.74, 6) is 0.182. The molecule has 2 aromatic rings. The van der Waals surface area contributed by atoms with Crippen molar-refractivity contribution in [2.45, 2.75) is 12.8 Å². The van der Waals surface area contributed by atoms with Crippen LogP contribution in [0, 0.1) is 0 Å². The maximum absolute atomic E-state index is 11.8. The molecular weight excluding hydrogens is 284 g/mol. The molecule has 1 amide bonds. The second-order valence-corrected chi connectivity index (χ2v) is 5.51. The average molecular weight is 295 g/mol. The smallest absolute Gasteiger partial charge is 0.225 e. The highest BCUT2D eigenvalue weighted by Gasteiger charge is 2.11. The highest BCUT2D eigenvalue weighted by molar-refractivity contribution is 7.18. The summed E-state index contributed by atoms with van der Waals surface area (Å²) in [6.45, 7) is 0. The van der Waals surface area contributed by atoms with E-state index in [-0.39, 0.29) is 24.5 Å². The molecule has 1 N–H and O–H groups in total. The number of ketones is 1. The summed E-state index contributed by atoms with van der Waals surface area (Å²) < 4.78 is 0.571. The standard InChI is InChI=1S/C13H11ClN2O2S/c14-11-6-5-10(19-11)9(17)4-7-13(18)16-12-3-1-2-8-15-12/h1-3,5-6,8H,4,7H2,(H,15,16,18). The molecule has 2 rings (SSSR count). The monoisotopic (exact) mass is 294 g/mol. The minimum Gasteiger partial charge on any atom is -0.311 e. The second-order valence-electron chi connectivity index (χ2n) is 3.79. The molecule has 98 valence electrons. The van der Waals surface area contributed by atoms with Crippen LogP contribution in [0.1, 0.15) is 22.5 Å². The average Bonchev–Trinajstić information content (AvgIpc) is 2.84. The van der Waals surface area contributed by atoms with E-state index in [4.69, 9.17) is 11.6 Å². The van der Waals surface area contributed by atoms with E-state index in [1.807, 2.05) is 0 Å². The number of aromatic nitrogens is 1. The van der Waals surface area contributed by atoms with E-state index in [2.05, 4.69) is 10.3 Å². The SMILES string of the molecule is O=C(CCC(=O)c1ccc(Cl)s1)Nc1ccccn1. The minimum absolute atomic E-state index is 0.0759. The van der Waals surface area contributed by atoms with Gasteiger partial charge in [-0.1, -0.05) is 17.7 Å². The zero-order valence-corrected chi connectivity index (χ0v) is 11.5. The molecule has 0 aliphatic heterocycles. The van der Waals surface area contributed by atoms with Gasteiger partial charge in [0.05, 0.1) is 9.21 Å². The summed E-state index contributed by atoms with van der Waals surface area (Å²) in [5.41, 5.74) is 0. The van der Waals surface area contributed by atoms with E-state index >= 15 is 0 Å². The van der Waals surface area contributed by atoms with Crippen LogP contribution in [0.5, 0.6) is 0 Å². The lowest BCUT2D eigenvalue weighted by Gasteiger charge is -2.02. The lowest BCUT2D eigenvalue weighted by molar-refractivity contribution is -0.116. The van der Waals surface area contributed by atoms with Crippen molar-refractivity contribution in [2.75, 3.05) is 5.32 Å². The lowest BCUT2D eigenvalue weighted by atomic mass is 10.2. The maximum Gasteiger partial charge on any atom is 0.225 e. The Morgan fingerprint density at radius 2 is 2.05 bits per heavy atom. The summed E-state index contributed by atoms with van der Waals surface area (Å²) in [7, 11) is 0. The number of nitrogens with zero attached hydrogens (tertiary/aromatic N) is 1. The fourth-order valence-electron chi connectivity index (χ4n) is 1.46. The molecule has 0 fully saturated rings. The molecule has 2 aromatic heterocycles. The Balaban J connectivity index is 1.82. The first-order valence-electron chi connectivity index (χ1n) is 5.64. The summed E-state index contributed by atoms with van der Waals surface area (Å²) in [6.07, 6.45) is 1.88. The highest BCUT2D eigenvalue weighted by atomic mass is 35.5. The zero-order valence-electron chi connectivity index (χ0n) is 9.93. The third kappa shape index (κ3) is 4.15. The molecule has 0 aliphatic carbocycles. The number of carbonyl (C=O) groups is 2. The predicted octanol–water partition coefficient (Wildman–Crippen LogP) is 3.40. The Labute approximate surface area is 119 Å². The maximum atomic E-state index is 11.8. The molecule has 0 unspecified atom stereocenters. The molecule has 2 heterocycles. The molecule has 0 bridgehead atoms. The second kappa shape index (κ2) is 6.45. The first-order chi connectivity index (χ1) is 9.15. The Morgan fingerprint density at radius 3 is 2.68 bits per heavy atom. The van der Waals surface area contributed by atoms with Crippen LogP contribution in [0.3, 0.4) is 0 Å². The molecule has 0 saturated carbocycles. The number of Topliss-reactive ketones (excluding diaryl/α,β-unsaturated/α-hetero) is 1. The molecule has 19 heavy (non-hydrogen) atoms. The first kappa shape index (κ1) is 13.7. The minimum atomic E-state index is -0.227. The van der Waals surface area contributed by atoms with Crippen LogP contribution in [0.2, 0.25) is 4.34 Å². The fraction of sp³-hybridized carbons (Fsp3) is 0.154. The number of amides is 1. The van der Waals surface area contributed by atoms with Crippen molar-refractivity contribution in [1.82, 2.24) is 4.98 Å². The topological polar surface area (TPSA) is 59.1 Å². The van der Waals surface area contributed by atoms with Gasteiger partial charge in [-0.3, -0.25) is 9.59 Å². The van der Waals surface area contributed by atoms with Crippen molar-refractivity contribution >= 4 is 40.4 Å². The van der Waals surface area contributed by atoms with Gasteiger partial charge in [-0.05, 0) is 24.3 Å². The first-order valence-corrected chi connectivity index (χ1v) is 6.84. The van der Waals surface area contributed by atoms with Gasteiger partial charge in [0.2, 0.25) is 5.91 Å².